The molecule has 0 amide bonds. The van der Waals surface area contributed by atoms with Crippen molar-refractivity contribution >= 4 is 5.97 Å². The molecule has 0 saturated carbocycles. The number of esters is 1. The van der Waals surface area contributed by atoms with E-state index in [1.807, 2.05) is 30.3 Å². The Balaban J connectivity index is 2.37. The van der Waals surface area contributed by atoms with Crippen LogP contribution in [-0.4, -0.2) is 17.7 Å². The van der Waals surface area contributed by atoms with Gasteiger partial charge in [0, 0.05) is 5.56 Å². The number of ether oxygens (including phenoxy) is 1. The van der Waals surface area contributed by atoms with Crippen molar-refractivity contribution in [2.75, 3.05) is 6.61 Å². The summed E-state index contributed by atoms with van der Waals surface area (Å²) in [6.45, 7) is 2.09. The SMILES string of the molecule is CCOC(=O)c1cnoc1-c1ccccc1. The van der Waals surface area contributed by atoms with Gasteiger partial charge in [-0.15, -0.1) is 0 Å². The van der Waals surface area contributed by atoms with Gasteiger partial charge in [-0.3, -0.25) is 0 Å². The lowest BCUT2D eigenvalue weighted by molar-refractivity contribution is 0.0527. The molecule has 1 aromatic carbocycles. The summed E-state index contributed by atoms with van der Waals surface area (Å²) in [6.07, 6.45) is 1.38. The van der Waals surface area contributed by atoms with Crippen molar-refractivity contribution in [3.05, 3.63) is 42.1 Å². The molecule has 0 atom stereocenters. The van der Waals surface area contributed by atoms with Crippen LogP contribution in [-0.2, 0) is 4.74 Å². The van der Waals surface area contributed by atoms with E-state index in [9.17, 15) is 4.79 Å². The van der Waals surface area contributed by atoms with Gasteiger partial charge in [-0.25, -0.2) is 4.79 Å². The van der Waals surface area contributed by atoms with Crippen LogP contribution in [0.3, 0.4) is 0 Å². The molecular formula is C12H11NO3. The molecule has 4 nitrogen and oxygen atoms in total. The highest BCUT2D eigenvalue weighted by Crippen LogP contribution is 2.23. The number of rotatable bonds is 3. The zero-order chi connectivity index (χ0) is 11.4. The van der Waals surface area contributed by atoms with Crippen molar-refractivity contribution in [1.82, 2.24) is 5.16 Å². The Bertz CT molecular complexity index is 476. The van der Waals surface area contributed by atoms with E-state index in [2.05, 4.69) is 5.16 Å². The molecule has 0 unspecified atom stereocenters. The average molecular weight is 217 g/mol. The molecule has 0 N–H and O–H groups in total. The molecule has 0 saturated heterocycles. The van der Waals surface area contributed by atoms with Crippen LogP contribution >= 0.6 is 0 Å². The minimum Gasteiger partial charge on any atom is -0.462 e. The zero-order valence-electron chi connectivity index (χ0n) is 8.84. The van der Waals surface area contributed by atoms with Crippen molar-refractivity contribution in [3.63, 3.8) is 0 Å². The first kappa shape index (κ1) is 10.4. The predicted octanol–water partition coefficient (Wildman–Crippen LogP) is 2.52. The van der Waals surface area contributed by atoms with Crippen LogP contribution in [0.2, 0.25) is 0 Å². The second-order valence-corrected chi connectivity index (χ2v) is 3.16. The quantitative estimate of drug-likeness (QED) is 0.741. The first-order valence-corrected chi connectivity index (χ1v) is 5.00. The minimum atomic E-state index is -0.414. The van der Waals surface area contributed by atoms with Crippen LogP contribution in [0, 0.1) is 0 Å². The van der Waals surface area contributed by atoms with Gasteiger partial charge < -0.3 is 9.26 Å². The average Bonchev–Trinajstić information content (AvgIpc) is 2.79. The molecule has 0 bridgehead atoms. The van der Waals surface area contributed by atoms with Crippen LogP contribution in [0.1, 0.15) is 17.3 Å². The third kappa shape index (κ3) is 1.95. The van der Waals surface area contributed by atoms with E-state index in [1.165, 1.54) is 6.20 Å². The zero-order valence-corrected chi connectivity index (χ0v) is 8.84. The van der Waals surface area contributed by atoms with E-state index in [-0.39, 0.29) is 0 Å². The van der Waals surface area contributed by atoms with E-state index in [4.69, 9.17) is 9.26 Å². The standard InChI is InChI=1S/C12H11NO3/c1-2-15-12(14)10-8-13-16-11(10)9-6-4-3-5-7-9/h3-8H,2H2,1H3. The topological polar surface area (TPSA) is 52.3 Å². The lowest BCUT2D eigenvalue weighted by Gasteiger charge is -2.00. The third-order valence-electron chi connectivity index (χ3n) is 2.10. The molecule has 0 aliphatic rings. The van der Waals surface area contributed by atoms with E-state index >= 15 is 0 Å². The maximum Gasteiger partial charge on any atom is 0.343 e. The predicted molar refractivity (Wildman–Crippen MR) is 57.9 cm³/mol. The summed E-state index contributed by atoms with van der Waals surface area (Å²) in [6, 6.07) is 9.33. The molecular weight excluding hydrogens is 206 g/mol. The smallest absolute Gasteiger partial charge is 0.343 e. The first-order valence-electron chi connectivity index (χ1n) is 5.00. The van der Waals surface area contributed by atoms with Gasteiger partial charge in [0.2, 0.25) is 0 Å². The molecule has 1 heterocycles. The van der Waals surface area contributed by atoms with E-state index in [0.29, 0.717) is 17.9 Å². The summed E-state index contributed by atoms with van der Waals surface area (Å²) in [5.74, 6) is 0.0293. The van der Waals surface area contributed by atoms with E-state index in [0.717, 1.165) is 5.56 Å². The number of carbonyl (C=O) groups excluding carboxylic acids is 1. The second kappa shape index (κ2) is 4.61. The molecule has 16 heavy (non-hydrogen) atoms. The number of benzene rings is 1. The molecule has 0 radical (unpaired) electrons. The largest absolute Gasteiger partial charge is 0.462 e. The van der Waals surface area contributed by atoms with Gasteiger partial charge in [-0.1, -0.05) is 35.5 Å². The molecule has 82 valence electrons. The normalized spacial score (nSPS) is 10.1. The van der Waals surface area contributed by atoms with Crippen LogP contribution in [0.25, 0.3) is 11.3 Å². The maximum atomic E-state index is 11.6. The van der Waals surface area contributed by atoms with E-state index in [1.54, 1.807) is 6.92 Å². The third-order valence-corrected chi connectivity index (χ3v) is 2.10. The van der Waals surface area contributed by atoms with Crippen LogP contribution in [0.5, 0.6) is 0 Å². The Kier molecular flexibility index (Phi) is 3.00. The minimum absolute atomic E-state index is 0.332. The molecule has 0 fully saturated rings. The summed E-state index contributed by atoms with van der Waals surface area (Å²) >= 11 is 0. The summed E-state index contributed by atoms with van der Waals surface area (Å²) in [7, 11) is 0. The Hall–Kier alpha value is -2.10. The Morgan fingerprint density at radius 3 is 2.81 bits per heavy atom. The van der Waals surface area contributed by atoms with Crippen molar-refractivity contribution in [2.24, 2.45) is 0 Å². The summed E-state index contributed by atoms with van der Waals surface area (Å²) in [5.41, 5.74) is 1.16. The second-order valence-electron chi connectivity index (χ2n) is 3.16. The van der Waals surface area contributed by atoms with Crippen molar-refractivity contribution in [1.29, 1.82) is 0 Å². The fourth-order valence-electron chi connectivity index (χ4n) is 1.39. The summed E-state index contributed by atoms with van der Waals surface area (Å²) in [5, 5.41) is 3.63. The van der Waals surface area contributed by atoms with Crippen LogP contribution in [0.15, 0.2) is 41.1 Å². The molecule has 0 aliphatic carbocycles. The molecule has 0 aliphatic heterocycles. The van der Waals surface area contributed by atoms with Gasteiger partial charge in [0.25, 0.3) is 0 Å². The first-order chi connectivity index (χ1) is 7.83. The lowest BCUT2D eigenvalue weighted by Crippen LogP contribution is -2.04. The monoisotopic (exact) mass is 217 g/mol. The van der Waals surface area contributed by atoms with Gasteiger partial charge in [-0.05, 0) is 6.92 Å². The number of hydrogen-bond donors (Lipinski definition) is 0. The number of hydrogen-bond acceptors (Lipinski definition) is 4. The highest BCUT2D eigenvalue weighted by Gasteiger charge is 2.18. The molecule has 4 heteroatoms. The Labute approximate surface area is 92.8 Å². The van der Waals surface area contributed by atoms with Crippen molar-refractivity contribution < 1.29 is 14.1 Å². The van der Waals surface area contributed by atoms with Crippen LogP contribution in [0.4, 0.5) is 0 Å². The summed E-state index contributed by atoms with van der Waals surface area (Å²) < 4.78 is 9.98. The number of carbonyl (C=O) groups is 1. The lowest BCUT2D eigenvalue weighted by atomic mass is 10.1. The maximum absolute atomic E-state index is 11.6. The molecule has 1 aromatic heterocycles. The Morgan fingerprint density at radius 1 is 1.38 bits per heavy atom. The molecule has 0 spiro atoms. The highest BCUT2D eigenvalue weighted by atomic mass is 16.5. The van der Waals surface area contributed by atoms with Crippen LogP contribution < -0.4 is 0 Å². The summed E-state index contributed by atoms with van der Waals surface area (Å²) in [4.78, 5) is 11.6. The van der Waals surface area contributed by atoms with Crippen molar-refractivity contribution in [2.45, 2.75) is 6.92 Å². The fraction of sp³-hybridized carbons (Fsp3) is 0.167. The van der Waals surface area contributed by atoms with Gasteiger partial charge in [0.1, 0.15) is 5.56 Å². The Morgan fingerprint density at radius 2 is 2.12 bits per heavy atom. The number of nitrogens with zero attached hydrogens (tertiary/aromatic N) is 1. The van der Waals surface area contributed by atoms with Gasteiger partial charge in [-0.2, -0.15) is 0 Å². The van der Waals surface area contributed by atoms with E-state index < -0.39 is 5.97 Å². The van der Waals surface area contributed by atoms with Gasteiger partial charge in [0.05, 0.1) is 12.8 Å². The highest BCUT2D eigenvalue weighted by molar-refractivity contribution is 5.95. The van der Waals surface area contributed by atoms with Gasteiger partial charge in [0.15, 0.2) is 5.76 Å². The molecule has 2 aromatic rings. The van der Waals surface area contributed by atoms with Gasteiger partial charge >= 0.3 is 5.97 Å². The fourth-order valence-corrected chi connectivity index (χ4v) is 1.39. The van der Waals surface area contributed by atoms with Crippen molar-refractivity contribution in [3.8, 4) is 11.3 Å². The molecule has 2 rings (SSSR count). The number of aromatic nitrogens is 1.